The molecule has 0 saturated carbocycles. The van der Waals surface area contributed by atoms with Crippen LogP contribution >= 0.6 is 27.7 Å². The summed E-state index contributed by atoms with van der Waals surface area (Å²) in [6, 6.07) is 6.95. The summed E-state index contributed by atoms with van der Waals surface area (Å²) in [5.74, 6) is 3.48. The summed E-state index contributed by atoms with van der Waals surface area (Å²) in [6.07, 6.45) is 2.59. The summed E-state index contributed by atoms with van der Waals surface area (Å²) in [7, 11) is 1.69. The van der Waals surface area contributed by atoms with Gasteiger partial charge in [-0.05, 0) is 58.0 Å². The predicted molar refractivity (Wildman–Crippen MR) is 77.9 cm³/mol. The van der Waals surface area contributed by atoms with Gasteiger partial charge in [0.1, 0.15) is 5.75 Å². The molecule has 0 bridgehead atoms. The molecular formula is C13H18BrNOS. The molecule has 17 heavy (non-hydrogen) atoms. The predicted octanol–water partition coefficient (Wildman–Crippen LogP) is 3.44. The summed E-state index contributed by atoms with van der Waals surface area (Å²) in [4.78, 5) is 0. The molecule has 94 valence electrons. The highest BCUT2D eigenvalue weighted by Gasteiger charge is 2.12. The number of ether oxygens (including phenoxy) is 1. The van der Waals surface area contributed by atoms with E-state index in [1.807, 2.05) is 6.07 Å². The molecule has 1 aromatic rings. The minimum atomic E-state index is 0.692. The second-order valence-corrected chi connectivity index (χ2v) is 6.32. The third-order valence-electron chi connectivity index (χ3n) is 3.03. The first-order valence-electron chi connectivity index (χ1n) is 5.93. The molecule has 0 unspecified atom stereocenters. The Labute approximate surface area is 116 Å². The van der Waals surface area contributed by atoms with Crippen molar-refractivity contribution in [1.82, 2.24) is 5.32 Å². The Morgan fingerprint density at radius 2 is 2.18 bits per heavy atom. The lowest BCUT2D eigenvalue weighted by atomic mass is 10.1. The molecule has 0 radical (unpaired) electrons. The maximum Gasteiger partial charge on any atom is 0.133 e. The van der Waals surface area contributed by atoms with Crippen LogP contribution in [0, 0.1) is 0 Å². The second-order valence-electron chi connectivity index (χ2n) is 4.24. The van der Waals surface area contributed by atoms with Gasteiger partial charge in [-0.3, -0.25) is 0 Å². The molecule has 1 aliphatic heterocycles. The summed E-state index contributed by atoms with van der Waals surface area (Å²) in [5, 5.41) is 3.63. The fraction of sp³-hybridized carbons (Fsp3) is 0.538. The molecule has 0 aliphatic carbocycles. The van der Waals surface area contributed by atoms with E-state index in [1.54, 1.807) is 7.11 Å². The van der Waals surface area contributed by atoms with Crippen molar-refractivity contribution in [3.8, 4) is 5.75 Å². The van der Waals surface area contributed by atoms with Crippen LogP contribution in [0.4, 0.5) is 0 Å². The van der Waals surface area contributed by atoms with Gasteiger partial charge in [-0.1, -0.05) is 6.07 Å². The smallest absolute Gasteiger partial charge is 0.133 e. The van der Waals surface area contributed by atoms with E-state index >= 15 is 0 Å². The van der Waals surface area contributed by atoms with Crippen LogP contribution in [0.5, 0.6) is 5.75 Å². The fourth-order valence-corrected chi connectivity index (χ4v) is 3.68. The highest BCUT2D eigenvalue weighted by Crippen LogP contribution is 2.25. The number of halogens is 1. The van der Waals surface area contributed by atoms with Crippen molar-refractivity contribution in [2.45, 2.75) is 25.4 Å². The van der Waals surface area contributed by atoms with E-state index in [2.05, 4.69) is 45.1 Å². The quantitative estimate of drug-likeness (QED) is 0.919. The Bertz CT molecular complexity index is 366. The molecule has 1 aliphatic rings. The van der Waals surface area contributed by atoms with Crippen LogP contribution in [0.15, 0.2) is 22.7 Å². The maximum atomic E-state index is 5.22. The highest BCUT2D eigenvalue weighted by molar-refractivity contribution is 9.10. The van der Waals surface area contributed by atoms with Crippen molar-refractivity contribution in [2.75, 3.05) is 18.6 Å². The van der Waals surface area contributed by atoms with Gasteiger partial charge >= 0.3 is 0 Å². The maximum absolute atomic E-state index is 5.22. The van der Waals surface area contributed by atoms with Crippen LogP contribution in [0.3, 0.4) is 0 Å². The number of rotatable bonds is 4. The van der Waals surface area contributed by atoms with Crippen LogP contribution < -0.4 is 10.1 Å². The van der Waals surface area contributed by atoms with Crippen LogP contribution in [-0.2, 0) is 6.54 Å². The van der Waals surface area contributed by atoms with Gasteiger partial charge in [0.05, 0.1) is 11.6 Å². The highest BCUT2D eigenvalue weighted by atomic mass is 79.9. The summed E-state index contributed by atoms with van der Waals surface area (Å²) in [6.45, 7) is 0.942. The number of methoxy groups -OCH3 is 1. The third kappa shape index (κ3) is 3.90. The molecule has 0 aromatic heterocycles. The van der Waals surface area contributed by atoms with E-state index in [0.29, 0.717) is 6.04 Å². The van der Waals surface area contributed by atoms with Gasteiger partial charge < -0.3 is 10.1 Å². The lowest BCUT2D eigenvalue weighted by Crippen LogP contribution is -2.32. The van der Waals surface area contributed by atoms with E-state index in [1.165, 1.54) is 29.9 Å². The molecular weight excluding hydrogens is 298 g/mol. The van der Waals surface area contributed by atoms with Crippen molar-refractivity contribution in [2.24, 2.45) is 0 Å². The largest absolute Gasteiger partial charge is 0.496 e. The molecule has 0 atom stereocenters. The first-order chi connectivity index (χ1) is 8.29. The minimum Gasteiger partial charge on any atom is -0.496 e. The molecule has 1 saturated heterocycles. The van der Waals surface area contributed by atoms with Crippen molar-refractivity contribution >= 4 is 27.7 Å². The minimum absolute atomic E-state index is 0.692. The van der Waals surface area contributed by atoms with E-state index in [9.17, 15) is 0 Å². The summed E-state index contributed by atoms with van der Waals surface area (Å²) >= 11 is 5.58. The second kappa shape index (κ2) is 6.66. The van der Waals surface area contributed by atoms with Crippen LogP contribution in [0.25, 0.3) is 0 Å². The van der Waals surface area contributed by atoms with Crippen LogP contribution in [0.2, 0.25) is 0 Å². The molecule has 1 fully saturated rings. The van der Waals surface area contributed by atoms with Crippen LogP contribution in [0.1, 0.15) is 18.4 Å². The average molecular weight is 316 g/mol. The van der Waals surface area contributed by atoms with Crippen molar-refractivity contribution in [3.63, 3.8) is 0 Å². The van der Waals surface area contributed by atoms with Crippen molar-refractivity contribution in [3.05, 3.63) is 28.2 Å². The zero-order valence-electron chi connectivity index (χ0n) is 10.0. The number of thioether (sulfide) groups is 1. The van der Waals surface area contributed by atoms with Crippen LogP contribution in [-0.4, -0.2) is 24.7 Å². The van der Waals surface area contributed by atoms with E-state index in [4.69, 9.17) is 4.74 Å². The van der Waals surface area contributed by atoms with Crippen molar-refractivity contribution in [1.29, 1.82) is 0 Å². The number of hydrogen-bond donors (Lipinski definition) is 1. The van der Waals surface area contributed by atoms with Crippen molar-refractivity contribution < 1.29 is 4.74 Å². The van der Waals surface area contributed by atoms with Gasteiger partial charge in [0, 0.05) is 12.6 Å². The van der Waals surface area contributed by atoms with Gasteiger partial charge in [-0.2, -0.15) is 11.8 Å². The van der Waals surface area contributed by atoms with E-state index < -0.39 is 0 Å². The molecule has 1 aromatic carbocycles. The Morgan fingerprint density at radius 1 is 1.41 bits per heavy atom. The number of nitrogens with one attached hydrogen (secondary N) is 1. The first kappa shape index (κ1) is 13.2. The molecule has 0 amide bonds. The van der Waals surface area contributed by atoms with E-state index in [-0.39, 0.29) is 0 Å². The number of benzene rings is 1. The third-order valence-corrected chi connectivity index (χ3v) is 4.70. The normalized spacial score (nSPS) is 17.1. The monoisotopic (exact) mass is 315 g/mol. The Hall–Kier alpha value is -0.190. The fourth-order valence-electron chi connectivity index (χ4n) is 1.98. The SMILES string of the molecule is COc1ccc(CNC2CCSCC2)cc1Br. The summed E-state index contributed by atoms with van der Waals surface area (Å²) in [5.41, 5.74) is 1.30. The topological polar surface area (TPSA) is 21.3 Å². The lowest BCUT2D eigenvalue weighted by Gasteiger charge is -2.22. The van der Waals surface area contributed by atoms with Gasteiger partial charge in [0.2, 0.25) is 0 Å². The van der Waals surface area contributed by atoms with Gasteiger partial charge in [0.15, 0.2) is 0 Å². The zero-order valence-corrected chi connectivity index (χ0v) is 12.4. The molecule has 1 heterocycles. The average Bonchev–Trinajstić information content (AvgIpc) is 2.38. The standard InChI is InChI=1S/C13H18BrNOS/c1-16-13-3-2-10(8-12(13)14)9-15-11-4-6-17-7-5-11/h2-3,8,11,15H,4-7,9H2,1H3. The Kier molecular flexibility index (Phi) is 5.19. The summed E-state index contributed by atoms with van der Waals surface area (Å²) < 4.78 is 6.25. The van der Waals surface area contributed by atoms with Gasteiger partial charge in [0.25, 0.3) is 0 Å². The van der Waals surface area contributed by atoms with Gasteiger partial charge in [-0.25, -0.2) is 0 Å². The first-order valence-corrected chi connectivity index (χ1v) is 7.88. The zero-order chi connectivity index (χ0) is 12.1. The molecule has 2 nitrogen and oxygen atoms in total. The molecule has 0 spiro atoms. The number of hydrogen-bond acceptors (Lipinski definition) is 3. The molecule has 1 N–H and O–H groups in total. The lowest BCUT2D eigenvalue weighted by molar-refractivity contribution is 0.411. The molecule has 4 heteroatoms. The van der Waals surface area contributed by atoms with E-state index in [0.717, 1.165) is 16.8 Å². The van der Waals surface area contributed by atoms with Gasteiger partial charge in [-0.15, -0.1) is 0 Å². The Morgan fingerprint density at radius 3 is 2.82 bits per heavy atom. The Balaban J connectivity index is 1.87. The molecule has 2 rings (SSSR count).